The molecular weight excluding hydrogens is 1290 g/mol. The van der Waals surface area contributed by atoms with Gasteiger partial charge in [-0.05, 0) is 71.1 Å². The van der Waals surface area contributed by atoms with Gasteiger partial charge in [-0.15, -0.1) is 13.2 Å². The molecule has 19 nitrogen and oxygen atoms in total. The molecule has 2 aliphatic rings. The number of carbonyl (C=O) groups excluding carboxylic acids is 4. The number of Topliss-reactive ketones (excluding diaryl/α,β-unsaturated/α-hetero) is 1. The third-order valence-corrected chi connectivity index (χ3v) is 20.1. The highest BCUT2D eigenvalue weighted by Crippen LogP contribution is 2.53. The van der Waals surface area contributed by atoms with Gasteiger partial charge < -0.3 is 53.3 Å². The van der Waals surface area contributed by atoms with Gasteiger partial charge in [-0.3, -0.25) is 28.0 Å². The largest absolute Gasteiger partial charge is 0.508 e. The summed E-state index contributed by atoms with van der Waals surface area (Å²) in [7, 11) is -1.28. The number of hydrogen-bond donors (Lipinski definition) is 2. The highest BCUT2D eigenvalue weighted by molar-refractivity contribution is 7.48. The Labute approximate surface area is 607 Å². The highest BCUT2D eigenvalue weighted by Gasteiger charge is 2.54. The fourth-order valence-corrected chi connectivity index (χ4v) is 14.4. The monoisotopic (exact) mass is 1440 g/mol. The van der Waals surface area contributed by atoms with Crippen LogP contribution >= 0.6 is 7.82 Å². The third kappa shape index (κ3) is 43.5. The van der Waals surface area contributed by atoms with E-state index in [-0.39, 0.29) is 89.7 Å². The quantitative estimate of drug-likeness (QED) is 0.0144. The van der Waals surface area contributed by atoms with Crippen LogP contribution in [0.25, 0.3) is 0 Å². The maximum absolute atomic E-state index is 14.8. The van der Waals surface area contributed by atoms with E-state index in [1.165, 1.54) is 96.0 Å². The van der Waals surface area contributed by atoms with Crippen molar-refractivity contribution >= 4 is 31.6 Å². The van der Waals surface area contributed by atoms with Gasteiger partial charge in [0.25, 0.3) is 0 Å². The highest BCUT2D eigenvalue weighted by atomic mass is 31.2. The van der Waals surface area contributed by atoms with Crippen molar-refractivity contribution in [2.24, 2.45) is 5.92 Å². The first-order valence-corrected chi connectivity index (χ1v) is 41.1. The van der Waals surface area contributed by atoms with Crippen LogP contribution in [0.1, 0.15) is 298 Å². The van der Waals surface area contributed by atoms with Gasteiger partial charge in [-0.1, -0.05) is 251 Å². The van der Waals surface area contributed by atoms with E-state index in [4.69, 9.17) is 56.2 Å². The fraction of sp³-hybridized carbons (Fsp3) is 0.825. The Morgan fingerprint density at radius 1 is 0.540 bits per heavy atom. The number of hydrogen-bond acceptors (Lipinski definition) is 17. The molecule has 1 heterocycles. The zero-order valence-electron chi connectivity index (χ0n) is 63.8. The van der Waals surface area contributed by atoms with Crippen molar-refractivity contribution in [1.82, 2.24) is 10.6 Å². The fourth-order valence-electron chi connectivity index (χ4n) is 13.0. The smallest absolute Gasteiger partial charge is 0.496 e. The molecule has 0 radical (unpaired) electrons. The van der Waals surface area contributed by atoms with E-state index in [0.29, 0.717) is 25.7 Å². The minimum atomic E-state index is -4.47. The molecule has 0 aromatic rings. The van der Waals surface area contributed by atoms with Crippen molar-refractivity contribution in [2.75, 3.05) is 60.5 Å². The Hall–Kier alpha value is -3.75. The molecule has 0 aromatic carbocycles. The second-order valence-corrected chi connectivity index (χ2v) is 29.0. The van der Waals surface area contributed by atoms with Gasteiger partial charge in [0.15, 0.2) is 6.29 Å². The van der Waals surface area contributed by atoms with Crippen LogP contribution in [0, 0.1) is 5.92 Å². The second kappa shape index (κ2) is 62.6. The first kappa shape index (κ1) is 92.3. The standard InChI is InChI=1S/C80H143N2O17P/c1-11-19-23-27-30-33-34-35-36-37-38-40-42-46-50-54-71(84)81-74-78(92-61-55-68(89-10)53-49-44-26-22-14-4)76(99-100(87,95-58-17-7)96-59-18-8)70(65-88-9)97-79(74)94-64-66-62-69(90-56-15-5)73(82-72(85)63-67(83)52-48-45-41-39-31-28-24-20-12-2)77(75(66)98-80(86)93-57-16-6)91-60-51-47-43-32-29-25-21-13-3/h15-18,33-34,56,66,68-70,73-79H,6-8,11-14,19-32,35-55,57-65H2,1-5,9-10H3,(H,81,84)(H,82,85)/b34-33-,56-15-/t66?,68?,69-,70?,73-,74+,75+,76+,77?,78?,79?/m0/s1. The van der Waals surface area contributed by atoms with Crippen LogP contribution < -0.4 is 10.6 Å². The van der Waals surface area contributed by atoms with E-state index in [0.717, 1.165) is 141 Å². The molecule has 0 aromatic heterocycles. The Kier molecular flexibility index (Phi) is 57.8. The van der Waals surface area contributed by atoms with Crippen molar-refractivity contribution in [3.63, 3.8) is 0 Å². The lowest BCUT2D eigenvalue weighted by atomic mass is 9.79. The number of phosphoric ester groups is 1. The lowest BCUT2D eigenvalue weighted by molar-refractivity contribution is -0.282. The summed E-state index contributed by atoms with van der Waals surface area (Å²) in [5.41, 5.74) is 0. The number of carbonyl (C=O) groups is 4. The number of unbranched alkanes of at least 4 members (excludes halogenated alkanes) is 30. The van der Waals surface area contributed by atoms with Crippen LogP contribution in [0.2, 0.25) is 0 Å². The molecule has 2 N–H and O–H groups in total. The zero-order valence-corrected chi connectivity index (χ0v) is 64.7. The Morgan fingerprint density at radius 2 is 1.04 bits per heavy atom. The third-order valence-electron chi connectivity index (χ3n) is 18.7. The SMILES string of the molecule is C=CCOC(=O)O[C@@H]1C(COC2OC(COC)[C@@H](OP(=O)(OCC=C)OCC=C)C(OCCC(CCCCCCC)OC)[C@H]2NC(=O)CCCCCCCCC/C=C\CCCCCC)C[C@H](O/C=C\C)[C@H](NC(=O)CC(=O)CCCCCCCCCCC)C1OCCCCCCCCCC. The van der Waals surface area contributed by atoms with Crippen LogP contribution in [-0.2, 0) is 75.2 Å². The maximum Gasteiger partial charge on any atom is 0.508 e. The minimum absolute atomic E-state index is 0.121. The average Bonchev–Trinajstić information content (AvgIpc) is 0.784. The molecule has 580 valence electrons. The molecule has 2 rings (SSSR count). The van der Waals surface area contributed by atoms with Crippen LogP contribution in [-0.4, -0.2) is 145 Å². The first-order valence-electron chi connectivity index (χ1n) is 39.6. The maximum atomic E-state index is 14.8. The molecule has 20 heteroatoms. The van der Waals surface area contributed by atoms with Gasteiger partial charge in [0, 0.05) is 46.2 Å². The summed E-state index contributed by atoms with van der Waals surface area (Å²) in [6.45, 7) is 21.5. The molecule has 1 saturated heterocycles. The minimum Gasteiger partial charge on any atom is -0.496 e. The van der Waals surface area contributed by atoms with E-state index in [2.05, 4.69) is 70.2 Å². The summed E-state index contributed by atoms with van der Waals surface area (Å²) in [6, 6.07) is -2.05. The van der Waals surface area contributed by atoms with Gasteiger partial charge in [-0.2, -0.15) is 0 Å². The van der Waals surface area contributed by atoms with Crippen molar-refractivity contribution in [1.29, 1.82) is 0 Å². The van der Waals surface area contributed by atoms with Crippen molar-refractivity contribution < 1.29 is 79.9 Å². The van der Waals surface area contributed by atoms with Crippen molar-refractivity contribution in [3.05, 3.63) is 62.5 Å². The molecule has 0 bridgehead atoms. The summed E-state index contributed by atoms with van der Waals surface area (Å²) in [5, 5.41) is 6.38. The summed E-state index contributed by atoms with van der Waals surface area (Å²) >= 11 is 0. The molecule has 2 fully saturated rings. The Bertz CT molecular complexity index is 2170. The van der Waals surface area contributed by atoms with Gasteiger partial charge >= 0.3 is 14.0 Å². The molecule has 6 unspecified atom stereocenters. The van der Waals surface area contributed by atoms with Gasteiger partial charge in [0.05, 0.1) is 51.3 Å². The number of rotatable bonds is 68. The number of nitrogens with one attached hydrogen (secondary N) is 2. The number of allylic oxidation sites excluding steroid dienone is 3. The Morgan fingerprint density at radius 3 is 1.59 bits per heavy atom. The average molecular weight is 1440 g/mol. The topological polar surface area (TPSA) is 220 Å². The summed E-state index contributed by atoms with van der Waals surface area (Å²) < 4.78 is 90.9. The molecule has 1 aliphatic heterocycles. The molecule has 100 heavy (non-hydrogen) atoms. The number of amides is 2. The van der Waals surface area contributed by atoms with Gasteiger partial charge in [0.2, 0.25) is 11.8 Å². The number of ketones is 1. The molecule has 1 aliphatic carbocycles. The molecule has 0 spiro atoms. The van der Waals surface area contributed by atoms with E-state index in [1.54, 1.807) is 19.4 Å². The number of ether oxygens (including phenoxy) is 9. The van der Waals surface area contributed by atoms with Crippen LogP contribution in [0.5, 0.6) is 0 Å². The normalized spacial score (nSPS) is 21.3. The summed E-state index contributed by atoms with van der Waals surface area (Å²) in [5.74, 6) is -1.70. The number of methoxy groups -OCH3 is 2. The summed E-state index contributed by atoms with van der Waals surface area (Å²) in [4.78, 5) is 56.4. The van der Waals surface area contributed by atoms with Crippen molar-refractivity contribution in [3.8, 4) is 0 Å². The lowest BCUT2D eigenvalue weighted by Gasteiger charge is -2.48. The molecular formula is C80H143N2O17P. The van der Waals surface area contributed by atoms with Crippen LogP contribution in [0.3, 0.4) is 0 Å². The molecule has 2 amide bonds. The van der Waals surface area contributed by atoms with Crippen LogP contribution in [0.4, 0.5) is 4.79 Å². The predicted octanol–water partition coefficient (Wildman–Crippen LogP) is 19.5. The molecule has 11 atom stereocenters. The predicted molar refractivity (Wildman–Crippen MR) is 401 cm³/mol. The second-order valence-electron chi connectivity index (χ2n) is 27.4. The van der Waals surface area contributed by atoms with E-state index >= 15 is 0 Å². The lowest BCUT2D eigenvalue weighted by Crippen LogP contribution is -2.67. The van der Waals surface area contributed by atoms with Gasteiger partial charge in [0.1, 0.15) is 55.1 Å². The number of phosphoric acid groups is 1. The van der Waals surface area contributed by atoms with E-state index in [1.807, 2.05) is 6.92 Å². The van der Waals surface area contributed by atoms with Crippen molar-refractivity contribution in [2.45, 2.75) is 359 Å². The van der Waals surface area contributed by atoms with E-state index in [9.17, 15) is 23.7 Å². The van der Waals surface area contributed by atoms with E-state index < -0.39 is 80.8 Å². The zero-order chi connectivity index (χ0) is 73.0. The first-order chi connectivity index (χ1) is 48.8. The summed E-state index contributed by atoms with van der Waals surface area (Å²) in [6.07, 6.45) is 43.0. The Balaban J connectivity index is 2.74. The molecule has 1 saturated carbocycles. The van der Waals surface area contributed by atoms with Gasteiger partial charge in [-0.25, -0.2) is 9.36 Å². The van der Waals surface area contributed by atoms with Crippen LogP contribution in [0.15, 0.2) is 62.5 Å².